The molecule has 0 radical (unpaired) electrons. The predicted molar refractivity (Wildman–Crippen MR) is 70.2 cm³/mol. The quantitative estimate of drug-likeness (QED) is 0.823. The molecule has 1 nitrogen and oxygen atoms in total. The standard InChI is InChI=1S/C13H17Cl2N/c1-9(16-7-6-10-2-3-10)12-8-11(14)4-5-13(12)15/h4-5,8-10,16H,2-3,6-7H2,1H3. The number of halogens is 2. The molecule has 0 saturated heterocycles. The van der Waals surface area contributed by atoms with Gasteiger partial charge in [0.25, 0.3) is 0 Å². The van der Waals surface area contributed by atoms with Crippen LogP contribution in [0.4, 0.5) is 0 Å². The van der Waals surface area contributed by atoms with Gasteiger partial charge in [-0.1, -0.05) is 36.0 Å². The summed E-state index contributed by atoms with van der Waals surface area (Å²) in [5.74, 6) is 0.967. The molecule has 2 rings (SSSR count). The van der Waals surface area contributed by atoms with Gasteiger partial charge in [0.2, 0.25) is 0 Å². The van der Waals surface area contributed by atoms with Crippen molar-refractivity contribution in [3.8, 4) is 0 Å². The van der Waals surface area contributed by atoms with Crippen molar-refractivity contribution in [1.82, 2.24) is 5.32 Å². The Kier molecular flexibility index (Phi) is 4.12. The van der Waals surface area contributed by atoms with E-state index in [4.69, 9.17) is 23.2 Å². The van der Waals surface area contributed by atoms with E-state index in [2.05, 4.69) is 12.2 Å². The van der Waals surface area contributed by atoms with Crippen molar-refractivity contribution >= 4 is 23.2 Å². The Bertz CT molecular complexity index is 361. The first-order valence-corrected chi connectivity index (χ1v) is 6.60. The summed E-state index contributed by atoms with van der Waals surface area (Å²) in [6.45, 7) is 3.19. The minimum absolute atomic E-state index is 0.268. The summed E-state index contributed by atoms with van der Waals surface area (Å²) < 4.78 is 0. The summed E-state index contributed by atoms with van der Waals surface area (Å²) in [4.78, 5) is 0. The third-order valence-corrected chi connectivity index (χ3v) is 3.70. The lowest BCUT2D eigenvalue weighted by molar-refractivity contribution is 0.540. The maximum Gasteiger partial charge on any atom is 0.0454 e. The highest BCUT2D eigenvalue weighted by molar-refractivity contribution is 6.33. The van der Waals surface area contributed by atoms with Crippen molar-refractivity contribution < 1.29 is 0 Å². The van der Waals surface area contributed by atoms with Gasteiger partial charge in [-0.2, -0.15) is 0 Å². The Hall–Kier alpha value is -0.240. The van der Waals surface area contributed by atoms with Gasteiger partial charge in [-0.3, -0.25) is 0 Å². The normalized spacial score (nSPS) is 17.4. The van der Waals surface area contributed by atoms with E-state index in [9.17, 15) is 0 Å². The van der Waals surface area contributed by atoms with Gasteiger partial charge in [-0.25, -0.2) is 0 Å². The molecule has 0 aliphatic heterocycles. The molecule has 0 heterocycles. The topological polar surface area (TPSA) is 12.0 Å². The minimum atomic E-state index is 0.268. The lowest BCUT2D eigenvalue weighted by Gasteiger charge is -2.15. The third-order valence-electron chi connectivity index (χ3n) is 3.12. The lowest BCUT2D eigenvalue weighted by Crippen LogP contribution is -2.20. The molecule has 1 unspecified atom stereocenters. The molecule has 1 N–H and O–H groups in total. The smallest absolute Gasteiger partial charge is 0.0454 e. The van der Waals surface area contributed by atoms with Crippen LogP contribution in [0.2, 0.25) is 10.0 Å². The van der Waals surface area contributed by atoms with Crippen molar-refractivity contribution in [1.29, 1.82) is 0 Å². The van der Waals surface area contributed by atoms with Crippen molar-refractivity contribution in [3.63, 3.8) is 0 Å². The van der Waals surface area contributed by atoms with Gasteiger partial charge in [-0.05, 0) is 49.6 Å². The number of hydrogen-bond donors (Lipinski definition) is 1. The van der Waals surface area contributed by atoms with Crippen LogP contribution in [-0.4, -0.2) is 6.54 Å². The average Bonchev–Trinajstić information content (AvgIpc) is 3.05. The molecule has 0 amide bonds. The summed E-state index contributed by atoms with van der Waals surface area (Å²) in [6.07, 6.45) is 4.10. The first kappa shape index (κ1) is 12.2. The second-order valence-corrected chi connectivity index (χ2v) is 5.42. The Morgan fingerprint density at radius 1 is 1.38 bits per heavy atom. The molecule has 0 bridgehead atoms. The monoisotopic (exact) mass is 257 g/mol. The van der Waals surface area contributed by atoms with Crippen molar-refractivity contribution in [2.45, 2.75) is 32.2 Å². The summed E-state index contributed by atoms with van der Waals surface area (Å²) in [7, 11) is 0. The van der Waals surface area contributed by atoms with Crippen LogP contribution >= 0.6 is 23.2 Å². The van der Waals surface area contributed by atoms with E-state index in [0.717, 1.165) is 28.1 Å². The first-order valence-electron chi connectivity index (χ1n) is 5.85. The molecule has 1 fully saturated rings. The number of rotatable bonds is 5. The van der Waals surface area contributed by atoms with Crippen LogP contribution in [0.25, 0.3) is 0 Å². The summed E-state index contributed by atoms with van der Waals surface area (Å²) in [6, 6.07) is 5.89. The van der Waals surface area contributed by atoms with E-state index >= 15 is 0 Å². The Morgan fingerprint density at radius 3 is 2.81 bits per heavy atom. The van der Waals surface area contributed by atoms with Crippen molar-refractivity contribution in [2.24, 2.45) is 5.92 Å². The molecule has 1 aliphatic carbocycles. The van der Waals surface area contributed by atoms with Gasteiger partial charge in [-0.15, -0.1) is 0 Å². The molecule has 88 valence electrons. The number of benzene rings is 1. The Morgan fingerprint density at radius 2 is 2.12 bits per heavy atom. The second-order valence-electron chi connectivity index (χ2n) is 4.57. The zero-order valence-corrected chi connectivity index (χ0v) is 11.0. The molecule has 1 aromatic carbocycles. The molecule has 0 aromatic heterocycles. The van der Waals surface area contributed by atoms with Crippen LogP contribution in [0.1, 0.15) is 37.8 Å². The zero-order chi connectivity index (χ0) is 11.5. The highest BCUT2D eigenvalue weighted by Gasteiger charge is 2.20. The maximum absolute atomic E-state index is 6.15. The van der Waals surface area contributed by atoms with Gasteiger partial charge in [0, 0.05) is 16.1 Å². The molecular weight excluding hydrogens is 241 g/mol. The van der Waals surface area contributed by atoms with E-state index in [0.29, 0.717) is 0 Å². The van der Waals surface area contributed by atoms with Crippen LogP contribution in [0.3, 0.4) is 0 Å². The van der Waals surface area contributed by atoms with Crippen molar-refractivity contribution in [2.75, 3.05) is 6.54 Å². The minimum Gasteiger partial charge on any atom is -0.310 e. The summed E-state index contributed by atoms with van der Waals surface area (Å²) in [5.41, 5.74) is 1.09. The fourth-order valence-corrected chi connectivity index (χ4v) is 2.33. The number of hydrogen-bond acceptors (Lipinski definition) is 1. The highest BCUT2D eigenvalue weighted by atomic mass is 35.5. The molecule has 1 atom stereocenters. The van der Waals surface area contributed by atoms with Crippen LogP contribution in [0.5, 0.6) is 0 Å². The molecule has 1 saturated carbocycles. The fourth-order valence-electron chi connectivity index (χ4n) is 1.87. The third kappa shape index (κ3) is 3.38. The van der Waals surface area contributed by atoms with Gasteiger partial charge in [0.1, 0.15) is 0 Å². The molecule has 16 heavy (non-hydrogen) atoms. The van der Waals surface area contributed by atoms with E-state index in [-0.39, 0.29) is 6.04 Å². The molecular formula is C13H17Cl2N. The SMILES string of the molecule is CC(NCCC1CC1)c1cc(Cl)ccc1Cl. The predicted octanol–water partition coefficient (Wildman–Crippen LogP) is 4.44. The Balaban J connectivity index is 1.90. The summed E-state index contributed by atoms with van der Waals surface area (Å²) >= 11 is 12.1. The molecule has 0 spiro atoms. The fraction of sp³-hybridized carbons (Fsp3) is 0.538. The van der Waals surface area contributed by atoms with E-state index < -0.39 is 0 Å². The second kappa shape index (κ2) is 5.39. The van der Waals surface area contributed by atoms with Gasteiger partial charge in [0.05, 0.1) is 0 Å². The van der Waals surface area contributed by atoms with E-state index in [1.165, 1.54) is 19.3 Å². The number of nitrogens with one attached hydrogen (secondary N) is 1. The average molecular weight is 258 g/mol. The van der Waals surface area contributed by atoms with Crippen LogP contribution in [-0.2, 0) is 0 Å². The first-order chi connectivity index (χ1) is 7.66. The lowest BCUT2D eigenvalue weighted by atomic mass is 10.1. The Labute approximate surface area is 107 Å². The summed E-state index contributed by atoms with van der Waals surface area (Å²) in [5, 5.41) is 5.03. The molecule has 3 heteroatoms. The zero-order valence-electron chi connectivity index (χ0n) is 9.47. The van der Waals surface area contributed by atoms with E-state index in [1.54, 1.807) is 0 Å². The van der Waals surface area contributed by atoms with Crippen LogP contribution in [0, 0.1) is 5.92 Å². The van der Waals surface area contributed by atoms with E-state index in [1.807, 2.05) is 18.2 Å². The van der Waals surface area contributed by atoms with Crippen LogP contribution < -0.4 is 5.32 Å². The van der Waals surface area contributed by atoms with Crippen molar-refractivity contribution in [3.05, 3.63) is 33.8 Å². The maximum atomic E-state index is 6.15. The largest absolute Gasteiger partial charge is 0.310 e. The molecule has 1 aliphatic rings. The van der Waals surface area contributed by atoms with Crippen LogP contribution in [0.15, 0.2) is 18.2 Å². The van der Waals surface area contributed by atoms with Gasteiger partial charge in [0.15, 0.2) is 0 Å². The highest BCUT2D eigenvalue weighted by Crippen LogP contribution is 2.32. The van der Waals surface area contributed by atoms with Gasteiger partial charge < -0.3 is 5.32 Å². The molecule has 1 aromatic rings. The van der Waals surface area contributed by atoms with Gasteiger partial charge >= 0.3 is 0 Å².